The molecule has 2 aliphatic carbocycles. The SMILES string of the molecule is CC1(C)c2ccccc2-c2ccc(N(c3ccc(-c4ccc5c(c4)-c4ccccc4C5c4ccccc4)cc3)c3ccc(-c4cc5ccccc5s4)cc3)cc21. The molecule has 0 bridgehead atoms. The van der Waals surface area contributed by atoms with Gasteiger partial charge in [0, 0.05) is 38.0 Å². The zero-order valence-electron chi connectivity index (χ0n) is 31.4. The topological polar surface area (TPSA) is 3.24 Å². The third-order valence-corrected chi connectivity index (χ3v) is 13.3. The minimum absolute atomic E-state index is 0.0891. The fourth-order valence-electron chi connectivity index (χ4n) is 9.37. The van der Waals surface area contributed by atoms with Crippen molar-refractivity contribution in [3.05, 3.63) is 222 Å². The number of fused-ring (bicyclic) bond motifs is 7. The highest BCUT2D eigenvalue weighted by atomic mass is 32.1. The van der Waals surface area contributed by atoms with E-state index in [-0.39, 0.29) is 11.3 Å². The predicted molar refractivity (Wildman–Crippen MR) is 238 cm³/mol. The summed E-state index contributed by atoms with van der Waals surface area (Å²) < 4.78 is 1.32. The van der Waals surface area contributed by atoms with Crippen LogP contribution < -0.4 is 4.90 Å². The van der Waals surface area contributed by atoms with Gasteiger partial charge in [0.25, 0.3) is 0 Å². The summed E-state index contributed by atoms with van der Waals surface area (Å²) in [5.41, 5.74) is 19.2. The molecule has 1 aromatic heterocycles. The highest BCUT2D eigenvalue weighted by Gasteiger charge is 2.36. The van der Waals surface area contributed by atoms with Crippen molar-refractivity contribution in [2.24, 2.45) is 0 Å². The minimum Gasteiger partial charge on any atom is -0.310 e. The standard InChI is InChI=1S/C54H39NS/c1-54(2)49-18-10-9-16-44(49)45-31-29-42(34-50(45)54)55(41-27-22-36(23-28-41)52-33-39-14-6-11-19-51(39)56-52)40-25-20-35(21-26-40)38-24-30-47-48(32-38)43-15-7-8-17-46(43)53(47)37-12-4-3-5-13-37/h3-34,53H,1-2H3. The van der Waals surface area contributed by atoms with Gasteiger partial charge in [-0.05, 0) is 127 Å². The smallest absolute Gasteiger partial charge is 0.0465 e. The molecule has 1 unspecified atom stereocenters. The zero-order valence-corrected chi connectivity index (χ0v) is 32.2. The third kappa shape index (κ3) is 5.21. The lowest BCUT2D eigenvalue weighted by Gasteiger charge is -2.28. The van der Waals surface area contributed by atoms with Crippen LogP contribution in [0.15, 0.2) is 194 Å². The average Bonchev–Trinajstić information content (AvgIpc) is 3.90. The van der Waals surface area contributed by atoms with Gasteiger partial charge >= 0.3 is 0 Å². The van der Waals surface area contributed by atoms with Crippen LogP contribution in [0.2, 0.25) is 0 Å². The van der Waals surface area contributed by atoms with Gasteiger partial charge in [-0.2, -0.15) is 0 Å². The number of anilines is 3. The number of hydrogen-bond acceptors (Lipinski definition) is 2. The first kappa shape index (κ1) is 32.9. The van der Waals surface area contributed by atoms with E-state index in [4.69, 9.17) is 0 Å². The van der Waals surface area contributed by atoms with Crippen molar-refractivity contribution in [3.8, 4) is 43.8 Å². The van der Waals surface area contributed by atoms with E-state index < -0.39 is 0 Å². The Morgan fingerprint density at radius 2 is 1.04 bits per heavy atom. The van der Waals surface area contributed by atoms with Gasteiger partial charge in [-0.3, -0.25) is 0 Å². The molecule has 2 aliphatic rings. The van der Waals surface area contributed by atoms with Gasteiger partial charge in [0.15, 0.2) is 0 Å². The van der Waals surface area contributed by atoms with Crippen LogP contribution in [0.4, 0.5) is 17.1 Å². The van der Waals surface area contributed by atoms with Crippen LogP contribution in [-0.4, -0.2) is 0 Å². The number of benzene rings is 8. The molecule has 0 radical (unpaired) electrons. The molecule has 0 fully saturated rings. The zero-order chi connectivity index (χ0) is 37.4. The van der Waals surface area contributed by atoms with Gasteiger partial charge in [-0.15, -0.1) is 11.3 Å². The van der Waals surface area contributed by atoms with Crippen LogP contribution in [0.5, 0.6) is 0 Å². The molecular weight excluding hydrogens is 695 g/mol. The lowest BCUT2D eigenvalue weighted by molar-refractivity contribution is 0.660. The predicted octanol–water partition coefficient (Wildman–Crippen LogP) is 15.2. The Morgan fingerprint density at radius 1 is 0.429 bits per heavy atom. The normalized spacial score (nSPS) is 14.6. The second-order valence-electron chi connectivity index (χ2n) is 15.7. The molecule has 1 heterocycles. The monoisotopic (exact) mass is 733 g/mol. The van der Waals surface area contributed by atoms with E-state index >= 15 is 0 Å². The Morgan fingerprint density at radius 3 is 1.82 bits per heavy atom. The number of rotatable bonds is 6. The van der Waals surface area contributed by atoms with Crippen molar-refractivity contribution in [2.45, 2.75) is 25.2 Å². The molecule has 56 heavy (non-hydrogen) atoms. The van der Waals surface area contributed by atoms with Crippen LogP contribution >= 0.6 is 11.3 Å². The van der Waals surface area contributed by atoms with E-state index in [9.17, 15) is 0 Å². The van der Waals surface area contributed by atoms with Crippen LogP contribution in [0.3, 0.4) is 0 Å². The van der Waals surface area contributed by atoms with Gasteiger partial charge in [0.05, 0.1) is 0 Å². The number of thiophene rings is 1. The summed E-state index contributed by atoms with van der Waals surface area (Å²) in [7, 11) is 0. The lowest BCUT2D eigenvalue weighted by Crippen LogP contribution is -2.16. The van der Waals surface area contributed by atoms with Crippen LogP contribution in [0.1, 0.15) is 47.6 Å². The maximum Gasteiger partial charge on any atom is 0.0465 e. The molecule has 8 aromatic carbocycles. The van der Waals surface area contributed by atoms with Crippen molar-refractivity contribution in [3.63, 3.8) is 0 Å². The summed E-state index contributed by atoms with van der Waals surface area (Å²) in [6, 6.07) is 72.0. The molecule has 2 heteroatoms. The summed E-state index contributed by atoms with van der Waals surface area (Å²) in [5.74, 6) is 0.253. The van der Waals surface area contributed by atoms with Gasteiger partial charge in [0.2, 0.25) is 0 Å². The minimum atomic E-state index is -0.0891. The molecule has 0 N–H and O–H groups in total. The van der Waals surface area contributed by atoms with E-state index in [1.54, 1.807) is 0 Å². The Labute approximate surface area is 332 Å². The molecular formula is C54H39NS. The Kier molecular flexibility index (Phi) is 7.52. The van der Waals surface area contributed by atoms with E-state index in [0.717, 1.165) is 17.1 Å². The van der Waals surface area contributed by atoms with Crippen LogP contribution in [-0.2, 0) is 5.41 Å². The number of hydrogen-bond donors (Lipinski definition) is 0. The maximum atomic E-state index is 2.42. The first-order valence-corrected chi connectivity index (χ1v) is 20.4. The second-order valence-corrected chi connectivity index (χ2v) is 16.8. The van der Waals surface area contributed by atoms with Crippen molar-refractivity contribution >= 4 is 38.5 Å². The second kappa shape index (κ2) is 12.8. The van der Waals surface area contributed by atoms with E-state index in [1.807, 2.05) is 11.3 Å². The first-order valence-electron chi connectivity index (χ1n) is 19.5. The Hall–Kier alpha value is -6.48. The fourth-order valence-corrected chi connectivity index (χ4v) is 10.4. The van der Waals surface area contributed by atoms with Crippen LogP contribution in [0, 0.1) is 0 Å². The molecule has 0 saturated carbocycles. The van der Waals surface area contributed by atoms with Gasteiger partial charge in [-0.1, -0.05) is 153 Å². The van der Waals surface area contributed by atoms with Crippen molar-refractivity contribution in [1.82, 2.24) is 0 Å². The van der Waals surface area contributed by atoms with Crippen molar-refractivity contribution in [1.29, 1.82) is 0 Å². The summed E-state index contributed by atoms with van der Waals surface area (Å²) >= 11 is 1.85. The summed E-state index contributed by atoms with van der Waals surface area (Å²) in [4.78, 5) is 3.71. The molecule has 1 atom stereocenters. The molecule has 0 saturated heterocycles. The van der Waals surface area contributed by atoms with E-state index in [1.165, 1.54) is 81.7 Å². The maximum absolute atomic E-state index is 2.42. The summed E-state index contributed by atoms with van der Waals surface area (Å²) in [5, 5.41) is 1.30. The highest BCUT2D eigenvalue weighted by molar-refractivity contribution is 7.22. The van der Waals surface area contributed by atoms with E-state index in [0.29, 0.717) is 0 Å². The average molecular weight is 734 g/mol. The molecule has 0 aliphatic heterocycles. The first-order chi connectivity index (χ1) is 27.5. The van der Waals surface area contributed by atoms with Crippen LogP contribution in [0.25, 0.3) is 53.9 Å². The largest absolute Gasteiger partial charge is 0.310 e. The van der Waals surface area contributed by atoms with Crippen molar-refractivity contribution in [2.75, 3.05) is 4.90 Å². The van der Waals surface area contributed by atoms with Gasteiger partial charge < -0.3 is 4.90 Å². The van der Waals surface area contributed by atoms with Crippen molar-refractivity contribution < 1.29 is 0 Å². The third-order valence-electron chi connectivity index (χ3n) is 12.2. The highest BCUT2D eigenvalue weighted by Crippen LogP contribution is 2.52. The Balaban J connectivity index is 0.989. The molecule has 0 spiro atoms. The Bertz CT molecular complexity index is 2900. The molecule has 266 valence electrons. The quantitative estimate of drug-likeness (QED) is 0.164. The fraction of sp³-hybridized carbons (Fsp3) is 0.0741. The molecule has 11 rings (SSSR count). The molecule has 9 aromatic rings. The van der Waals surface area contributed by atoms with Gasteiger partial charge in [-0.25, -0.2) is 0 Å². The van der Waals surface area contributed by atoms with Gasteiger partial charge in [0.1, 0.15) is 0 Å². The number of nitrogens with zero attached hydrogens (tertiary/aromatic N) is 1. The molecule has 0 amide bonds. The molecule has 1 nitrogen and oxygen atoms in total. The van der Waals surface area contributed by atoms with E-state index in [2.05, 4.69) is 213 Å². The summed E-state index contributed by atoms with van der Waals surface area (Å²) in [6.07, 6.45) is 0. The summed E-state index contributed by atoms with van der Waals surface area (Å²) in [6.45, 7) is 4.72. The lowest BCUT2D eigenvalue weighted by atomic mass is 9.82.